The molecule has 0 aromatic rings. The van der Waals surface area contributed by atoms with Gasteiger partial charge in [0.2, 0.25) is 0 Å². The van der Waals surface area contributed by atoms with Crippen molar-refractivity contribution >= 4 is 35.8 Å². The van der Waals surface area contributed by atoms with Gasteiger partial charge in [-0.05, 0) is 180 Å². The zero-order valence-corrected chi connectivity index (χ0v) is 33.4. The third-order valence-corrected chi connectivity index (χ3v) is 18.9. The third-order valence-electron chi connectivity index (χ3n) is 18.9. The van der Waals surface area contributed by atoms with Crippen LogP contribution < -0.4 is 0 Å². The zero-order valence-electron chi connectivity index (χ0n) is 33.4. The fourth-order valence-corrected chi connectivity index (χ4v) is 17.1. The van der Waals surface area contributed by atoms with Crippen LogP contribution in [-0.2, 0) is 43.0 Å². The van der Waals surface area contributed by atoms with Crippen LogP contribution in [0.1, 0.15) is 98.8 Å². The van der Waals surface area contributed by atoms with Gasteiger partial charge in [0.25, 0.3) is 0 Å². The molecule has 11 heteroatoms. The summed E-state index contributed by atoms with van der Waals surface area (Å²) in [5.41, 5.74) is -0.660. The molecule has 2 aliphatic heterocycles. The van der Waals surface area contributed by atoms with Crippen LogP contribution in [0.5, 0.6) is 0 Å². The van der Waals surface area contributed by atoms with Crippen molar-refractivity contribution in [2.45, 2.75) is 111 Å². The summed E-state index contributed by atoms with van der Waals surface area (Å²) in [4.78, 5) is 79.7. The molecule has 56 heavy (non-hydrogen) atoms. The van der Waals surface area contributed by atoms with Gasteiger partial charge in [0, 0.05) is 0 Å². The number of carbonyl (C=O) groups is 6. The van der Waals surface area contributed by atoms with Gasteiger partial charge in [0.15, 0.2) is 0 Å². The Labute approximate surface area is 329 Å². The van der Waals surface area contributed by atoms with Gasteiger partial charge in [-0.25, -0.2) is 0 Å². The lowest BCUT2D eigenvalue weighted by Gasteiger charge is -2.43. The Hall–Kier alpha value is -2.82. The Morgan fingerprint density at radius 3 is 1.88 bits per heavy atom. The van der Waals surface area contributed by atoms with Gasteiger partial charge in [0.05, 0.1) is 41.6 Å². The molecule has 0 amide bonds. The minimum atomic E-state index is -0.686. The molecular weight excluding hydrogens is 716 g/mol. The molecule has 23 unspecified atom stereocenters. The lowest BCUT2D eigenvalue weighted by atomic mass is 9.59. The molecule has 10 rings (SSSR count). The van der Waals surface area contributed by atoms with Crippen molar-refractivity contribution < 1.29 is 53.2 Å². The molecular formula is C45H60O11. The maximum absolute atomic E-state index is 14.2. The van der Waals surface area contributed by atoms with Crippen molar-refractivity contribution in [2.75, 3.05) is 0 Å². The van der Waals surface area contributed by atoms with Crippen LogP contribution in [-0.4, -0.2) is 57.7 Å². The van der Waals surface area contributed by atoms with Gasteiger partial charge < -0.3 is 24.4 Å². The number of aliphatic hydroxyl groups is 1. The van der Waals surface area contributed by atoms with E-state index in [9.17, 15) is 39.0 Å². The normalized spacial score (nSPS) is 53.4. The van der Waals surface area contributed by atoms with E-state index in [4.69, 9.17) is 14.2 Å². The van der Waals surface area contributed by atoms with Crippen molar-refractivity contribution in [3.63, 3.8) is 0 Å². The minimum Gasteiger partial charge on any atom is -0.481 e. The first kappa shape index (κ1) is 37.5. The number of fused-ring (bicyclic) bond motifs is 11. The number of hydrogen-bond acceptors (Lipinski definition) is 10. The number of hydrogen-bond donors (Lipinski definition) is 2. The molecule has 8 aliphatic carbocycles. The van der Waals surface area contributed by atoms with E-state index in [-0.39, 0.29) is 113 Å². The molecule has 2 N–H and O–H groups in total. The number of cyclic esters (lactones) is 4. The van der Waals surface area contributed by atoms with Crippen LogP contribution in [0.3, 0.4) is 0 Å². The standard InChI is InChI=1S/C45H60O11/c1-16-21(18-6-22(16)31(9-18)39(47)48)12-27-25(20-7-28(27)34(46)11-20)15-33-38(44(53)54-40(33)49)35-26(19-8-29(35)32(10-19)41(50)56-45(3,4)5)13-23-17(2)24-14-30(23)37-36(24)42(51)55-43(37)52/h16-38,46H,6-15H2,1-5H3,(H,47,48). The van der Waals surface area contributed by atoms with Gasteiger partial charge in [-0.15, -0.1) is 0 Å². The van der Waals surface area contributed by atoms with E-state index in [1.807, 2.05) is 20.8 Å². The first-order chi connectivity index (χ1) is 26.5. The van der Waals surface area contributed by atoms with Gasteiger partial charge in [0.1, 0.15) is 5.60 Å². The van der Waals surface area contributed by atoms with Crippen LogP contribution in [0.15, 0.2) is 0 Å². The lowest BCUT2D eigenvalue weighted by molar-refractivity contribution is -0.165. The van der Waals surface area contributed by atoms with Crippen molar-refractivity contribution in [3.05, 3.63) is 0 Å². The Morgan fingerprint density at radius 2 is 1.18 bits per heavy atom. The molecule has 0 radical (unpaired) electrons. The summed E-state index contributed by atoms with van der Waals surface area (Å²) in [6, 6.07) is 0. The largest absolute Gasteiger partial charge is 0.481 e. The highest BCUT2D eigenvalue weighted by Crippen LogP contribution is 2.68. The second kappa shape index (κ2) is 12.8. The maximum Gasteiger partial charge on any atom is 0.317 e. The number of carbonyl (C=O) groups excluding carboxylic acids is 5. The molecule has 8 bridgehead atoms. The van der Waals surface area contributed by atoms with Crippen molar-refractivity contribution in [2.24, 2.45) is 130 Å². The lowest BCUT2D eigenvalue weighted by Crippen LogP contribution is -2.45. The molecule has 0 aromatic heterocycles. The average Bonchev–Trinajstić information content (AvgIpc) is 3.97. The number of aliphatic carboxylic acids is 1. The third kappa shape index (κ3) is 5.42. The minimum absolute atomic E-state index is 0.0496. The van der Waals surface area contributed by atoms with Crippen molar-refractivity contribution in [1.82, 2.24) is 0 Å². The van der Waals surface area contributed by atoms with E-state index in [1.165, 1.54) is 0 Å². The second-order valence-corrected chi connectivity index (χ2v) is 21.9. The molecule has 0 spiro atoms. The summed E-state index contributed by atoms with van der Waals surface area (Å²) in [5, 5.41) is 21.1. The van der Waals surface area contributed by atoms with Crippen LogP contribution in [0, 0.1) is 130 Å². The monoisotopic (exact) mass is 776 g/mol. The first-order valence-electron chi connectivity index (χ1n) is 22.1. The molecule has 10 aliphatic rings. The molecule has 10 fully saturated rings. The van der Waals surface area contributed by atoms with Crippen LogP contribution in [0.4, 0.5) is 0 Å². The van der Waals surface area contributed by atoms with E-state index in [0.29, 0.717) is 37.0 Å². The maximum atomic E-state index is 14.2. The van der Waals surface area contributed by atoms with E-state index in [1.54, 1.807) is 0 Å². The number of ether oxygens (including phenoxy) is 3. The Balaban J connectivity index is 0.938. The predicted molar refractivity (Wildman–Crippen MR) is 196 cm³/mol. The fourth-order valence-electron chi connectivity index (χ4n) is 17.1. The zero-order chi connectivity index (χ0) is 39.4. The smallest absolute Gasteiger partial charge is 0.317 e. The van der Waals surface area contributed by atoms with Gasteiger partial charge in [-0.2, -0.15) is 0 Å². The van der Waals surface area contributed by atoms with Gasteiger partial charge >= 0.3 is 35.8 Å². The highest BCUT2D eigenvalue weighted by atomic mass is 16.6. The van der Waals surface area contributed by atoms with Crippen LogP contribution in [0.25, 0.3) is 0 Å². The molecule has 8 saturated carbocycles. The van der Waals surface area contributed by atoms with E-state index in [0.717, 1.165) is 44.9 Å². The highest BCUT2D eigenvalue weighted by molar-refractivity contribution is 5.98. The topological polar surface area (TPSA) is 171 Å². The summed E-state index contributed by atoms with van der Waals surface area (Å²) < 4.78 is 16.8. The molecule has 306 valence electrons. The number of carboxylic acid groups (broad SMARTS) is 1. The molecule has 23 atom stereocenters. The van der Waals surface area contributed by atoms with Crippen molar-refractivity contribution in [1.29, 1.82) is 0 Å². The molecule has 2 saturated heterocycles. The average molecular weight is 777 g/mol. The van der Waals surface area contributed by atoms with Crippen LogP contribution in [0.2, 0.25) is 0 Å². The number of carboxylic acids is 1. The van der Waals surface area contributed by atoms with Crippen molar-refractivity contribution in [3.8, 4) is 0 Å². The predicted octanol–water partition coefficient (Wildman–Crippen LogP) is 5.55. The molecule has 11 nitrogen and oxygen atoms in total. The summed E-state index contributed by atoms with van der Waals surface area (Å²) in [7, 11) is 0. The Kier molecular flexibility index (Phi) is 8.59. The van der Waals surface area contributed by atoms with Gasteiger partial charge in [-0.3, -0.25) is 28.8 Å². The van der Waals surface area contributed by atoms with E-state index < -0.39 is 47.2 Å². The van der Waals surface area contributed by atoms with Crippen LogP contribution >= 0.6 is 0 Å². The van der Waals surface area contributed by atoms with E-state index in [2.05, 4.69) is 13.8 Å². The second-order valence-electron chi connectivity index (χ2n) is 21.9. The summed E-state index contributed by atoms with van der Waals surface area (Å²) in [6.45, 7) is 10.0. The molecule has 2 heterocycles. The SMILES string of the molecule is CC1C(CC2C3CC(CC3O)C2CC2C(=O)OC(=O)C2C2C(CC3C(C)C4CC3C3C(=O)OC(=O)C43)C3CC(C(=O)OC(C)(C)C)C2C3)C2CC(C(=O)O)C1C2. The Bertz CT molecular complexity index is 1730. The van der Waals surface area contributed by atoms with Gasteiger partial charge in [-0.1, -0.05) is 13.8 Å². The Morgan fingerprint density at radius 1 is 0.607 bits per heavy atom. The quantitative estimate of drug-likeness (QED) is 0.171. The summed E-state index contributed by atoms with van der Waals surface area (Å²) >= 11 is 0. The summed E-state index contributed by atoms with van der Waals surface area (Å²) in [5.74, 6) is -2.91. The summed E-state index contributed by atoms with van der Waals surface area (Å²) in [6.07, 6.45) is 7.44. The number of esters is 5. The number of rotatable bonds is 9. The molecule has 0 aromatic carbocycles. The highest BCUT2D eigenvalue weighted by Gasteiger charge is 2.69. The van der Waals surface area contributed by atoms with E-state index >= 15 is 0 Å². The first-order valence-corrected chi connectivity index (χ1v) is 22.1. The number of aliphatic hydroxyl groups excluding tert-OH is 1. The fraction of sp³-hybridized carbons (Fsp3) is 0.867.